The molecular weight excluding hydrogens is 515 g/mol. The van der Waals surface area contributed by atoms with Gasteiger partial charge in [-0.05, 0) is 38.7 Å². The van der Waals surface area contributed by atoms with Crippen LogP contribution in [0.15, 0.2) is 61.5 Å². The third-order valence-electron chi connectivity index (χ3n) is 6.50. The Hall–Kier alpha value is -4.55. The summed E-state index contributed by atoms with van der Waals surface area (Å²) >= 11 is 0. The summed E-state index contributed by atoms with van der Waals surface area (Å²) in [5.74, 6) is 6.62. The number of amides is 1. The molecule has 0 unspecified atom stereocenters. The monoisotopic (exact) mass is 548 g/mol. The topological polar surface area (TPSA) is 133 Å². The van der Waals surface area contributed by atoms with Crippen LogP contribution < -0.4 is 30.5 Å². The molecule has 0 saturated carbocycles. The van der Waals surface area contributed by atoms with E-state index in [9.17, 15) is 9.18 Å². The molecule has 12 heteroatoms. The van der Waals surface area contributed by atoms with Crippen LogP contribution in [-0.4, -0.2) is 73.4 Å². The molecule has 1 saturated heterocycles. The Morgan fingerprint density at radius 2 is 1.88 bits per heavy atom. The lowest BCUT2D eigenvalue weighted by Gasteiger charge is -2.34. The number of nitrogens with zero attached hydrogens (tertiary/aromatic N) is 5. The van der Waals surface area contributed by atoms with E-state index in [4.69, 9.17) is 20.7 Å². The Labute approximate surface area is 232 Å². The summed E-state index contributed by atoms with van der Waals surface area (Å²) in [6, 6.07) is 7.43. The van der Waals surface area contributed by atoms with Crippen LogP contribution in [0.5, 0.6) is 11.5 Å². The summed E-state index contributed by atoms with van der Waals surface area (Å²) in [7, 11) is 3.58. The van der Waals surface area contributed by atoms with Crippen molar-refractivity contribution in [3.05, 3.63) is 78.3 Å². The van der Waals surface area contributed by atoms with E-state index in [0.29, 0.717) is 28.4 Å². The molecule has 2 aromatic heterocycles. The van der Waals surface area contributed by atoms with Gasteiger partial charge in [-0.15, -0.1) is 0 Å². The Balaban J connectivity index is 1.53. The summed E-state index contributed by atoms with van der Waals surface area (Å²) < 4.78 is 23.8. The highest BCUT2D eigenvalue weighted by atomic mass is 19.1. The largest absolute Gasteiger partial charge is 0.495 e. The minimum atomic E-state index is -0.946. The minimum Gasteiger partial charge on any atom is -0.495 e. The second kappa shape index (κ2) is 12.5. The zero-order valence-corrected chi connectivity index (χ0v) is 22.8. The first-order valence-corrected chi connectivity index (χ1v) is 12.6. The van der Waals surface area contributed by atoms with Crippen molar-refractivity contribution in [2.45, 2.75) is 6.92 Å². The van der Waals surface area contributed by atoms with Crippen molar-refractivity contribution in [2.24, 2.45) is 5.84 Å². The third kappa shape index (κ3) is 7.10. The first-order chi connectivity index (χ1) is 19.1. The number of likely N-dealkylation sites (N-methyl/N-ethyl adjacent to an activating group) is 1. The summed E-state index contributed by atoms with van der Waals surface area (Å²) in [5.41, 5.74) is 3.32. The molecule has 1 aliphatic heterocycles. The molecule has 0 radical (unpaired) electrons. The van der Waals surface area contributed by atoms with Gasteiger partial charge in [-0.2, -0.15) is 4.39 Å². The van der Waals surface area contributed by atoms with Crippen LogP contribution in [0.25, 0.3) is 0 Å². The summed E-state index contributed by atoms with van der Waals surface area (Å²) in [4.78, 5) is 26.0. The number of methoxy groups -OCH3 is 1. The van der Waals surface area contributed by atoms with E-state index in [2.05, 4.69) is 38.7 Å². The first kappa shape index (κ1) is 28.5. The average molecular weight is 549 g/mol. The van der Waals surface area contributed by atoms with Crippen molar-refractivity contribution in [2.75, 3.05) is 62.1 Å². The molecule has 40 heavy (non-hydrogen) atoms. The van der Waals surface area contributed by atoms with Crippen molar-refractivity contribution in [3.8, 4) is 11.5 Å². The van der Waals surface area contributed by atoms with Crippen LogP contribution in [0.3, 0.4) is 0 Å². The van der Waals surface area contributed by atoms with Gasteiger partial charge in [0.05, 0.1) is 42.5 Å². The fourth-order valence-electron chi connectivity index (χ4n) is 4.27. The van der Waals surface area contributed by atoms with Gasteiger partial charge in [0.25, 0.3) is 11.9 Å². The number of carbonyl (C=O) groups excluding carboxylic acids is 1. The van der Waals surface area contributed by atoms with E-state index >= 15 is 0 Å². The lowest BCUT2D eigenvalue weighted by atomic mass is 10.1. The Kier molecular flexibility index (Phi) is 8.92. The molecule has 4 rings (SSSR count). The number of aryl methyl sites for hydroxylation is 1. The van der Waals surface area contributed by atoms with Gasteiger partial charge < -0.3 is 35.0 Å². The number of carbonyl (C=O) groups is 1. The lowest BCUT2D eigenvalue weighted by molar-refractivity contribution is 0.102. The number of ether oxygens (including phenoxy) is 2. The van der Waals surface area contributed by atoms with Gasteiger partial charge in [-0.25, -0.2) is 5.84 Å². The van der Waals surface area contributed by atoms with Gasteiger partial charge in [0.2, 0.25) is 0 Å². The number of halogens is 1. The van der Waals surface area contributed by atoms with E-state index in [1.165, 1.54) is 24.4 Å². The number of anilines is 3. The van der Waals surface area contributed by atoms with Crippen molar-refractivity contribution in [1.29, 1.82) is 5.41 Å². The predicted octanol–water partition coefficient (Wildman–Crippen LogP) is 3.37. The Morgan fingerprint density at radius 3 is 2.58 bits per heavy atom. The molecule has 0 atom stereocenters. The molecule has 4 N–H and O–H groups in total. The van der Waals surface area contributed by atoms with Crippen LogP contribution in [0.1, 0.15) is 21.6 Å². The second-order valence-electron chi connectivity index (χ2n) is 9.47. The number of benzene rings is 1. The first-order valence-electron chi connectivity index (χ1n) is 12.6. The maximum atomic E-state index is 13.5. The molecule has 0 aliphatic carbocycles. The number of nitrogens with two attached hydrogens (primary N) is 1. The highest BCUT2D eigenvalue weighted by Gasteiger charge is 2.19. The number of aromatic nitrogens is 2. The smallest absolute Gasteiger partial charge is 0.270 e. The second-order valence-corrected chi connectivity index (χ2v) is 9.47. The van der Waals surface area contributed by atoms with E-state index in [-0.39, 0.29) is 23.6 Å². The summed E-state index contributed by atoms with van der Waals surface area (Å²) in [6.07, 6.45) is 4.56. The lowest BCUT2D eigenvalue weighted by Crippen LogP contribution is -2.44. The molecule has 3 aromatic rings. The normalized spacial score (nSPS) is 13.5. The summed E-state index contributed by atoms with van der Waals surface area (Å²) in [6.45, 7) is 8.30. The average Bonchev–Trinajstić information content (AvgIpc) is 2.93. The van der Waals surface area contributed by atoms with Gasteiger partial charge in [0.15, 0.2) is 0 Å². The molecule has 3 heterocycles. The van der Waals surface area contributed by atoms with Gasteiger partial charge in [0, 0.05) is 67.6 Å². The molecule has 210 valence electrons. The highest BCUT2D eigenvalue weighted by Crippen LogP contribution is 2.30. The molecule has 11 nitrogen and oxygen atoms in total. The maximum absolute atomic E-state index is 13.5. The number of pyridine rings is 2. The van der Waals surface area contributed by atoms with Gasteiger partial charge in [0.1, 0.15) is 11.5 Å². The standard InChI is InChI=1S/C28H33FN8O3/c1-18-27(37(31)17-26(30)20-9-25(39-4)16-32-14-20)10-21(15-33-18)28(38)34-22-11-23(13-24(12-22)40-19(2)29)36-7-5-35(3)6-8-36/h9-16,30H,2,5-8,17,31H2,1,3-4H3,(H,34,38). The van der Waals surface area contributed by atoms with E-state index in [1.54, 1.807) is 37.5 Å². The number of hydrogen-bond donors (Lipinski definition) is 3. The van der Waals surface area contributed by atoms with E-state index in [0.717, 1.165) is 31.9 Å². The van der Waals surface area contributed by atoms with E-state index < -0.39 is 11.9 Å². The molecule has 1 fully saturated rings. The number of nitrogens with one attached hydrogen (secondary N) is 2. The number of piperazine rings is 1. The third-order valence-corrected chi connectivity index (χ3v) is 6.50. The zero-order chi connectivity index (χ0) is 28.8. The van der Waals surface area contributed by atoms with Gasteiger partial charge >= 0.3 is 0 Å². The van der Waals surface area contributed by atoms with Gasteiger partial charge in [-0.1, -0.05) is 0 Å². The number of hydrogen-bond acceptors (Lipinski definition) is 10. The van der Waals surface area contributed by atoms with Gasteiger partial charge in [-0.3, -0.25) is 14.8 Å². The van der Waals surface area contributed by atoms with Crippen LogP contribution >= 0.6 is 0 Å². The molecular formula is C28H33FN8O3. The Morgan fingerprint density at radius 1 is 1.12 bits per heavy atom. The van der Waals surface area contributed by atoms with Crippen LogP contribution in [0.4, 0.5) is 21.5 Å². The molecule has 1 amide bonds. The minimum absolute atomic E-state index is 0.0450. The van der Waals surface area contributed by atoms with E-state index in [1.807, 2.05) is 6.07 Å². The van der Waals surface area contributed by atoms with Crippen molar-refractivity contribution in [1.82, 2.24) is 14.9 Å². The molecule has 1 aromatic carbocycles. The van der Waals surface area contributed by atoms with Crippen LogP contribution in [0, 0.1) is 12.3 Å². The maximum Gasteiger partial charge on any atom is 0.270 e. The van der Waals surface area contributed by atoms with Crippen molar-refractivity contribution >= 4 is 28.7 Å². The molecule has 1 aliphatic rings. The van der Waals surface area contributed by atoms with Crippen molar-refractivity contribution < 1.29 is 18.7 Å². The van der Waals surface area contributed by atoms with Crippen LogP contribution in [-0.2, 0) is 0 Å². The molecule has 0 bridgehead atoms. The summed E-state index contributed by atoms with van der Waals surface area (Å²) in [5, 5.41) is 12.7. The zero-order valence-electron chi connectivity index (χ0n) is 22.8. The fraction of sp³-hybridized carbons (Fsp3) is 0.286. The highest BCUT2D eigenvalue weighted by molar-refractivity contribution is 6.05. The molecule has 0 spiro atoms. The van der Waals surface area contributed by atoms with Crippen molar-refractivity contribution in [3.63, 3.8) is 0 Å². The fourth-order valence-corrected chi connectivity index (χ4v) is 4.27. The predicted molar refractivity (Wildman–Crippen MR) is 153 cm³/mol. The quantitative estimate of drug-likeness (QED) is 0.151. The van der Waals surface area contributed by atoms with Crippen LogP contribution in [0.2, 0.25) is 0 Å². The number of rotatable bonds is 10. The number of hydrazine groups is 1. The SMILES string of the molecule is C=C(F)Oc1cc(NC(=O)c2cnc(C)c(N(N)CC(=N)c3cncc(OC)c3)c2)cc(N2CCN(C)CC2)c1. The Bertz CT molecular complexity index is 1410.